The molecule has 29 heavy (non-hydrogen) atoms. The molecule has 152 valence electrons. The number of rotatable bonds is 3. The van der Waals surface area contributed by atoms with Crippen molar-refractivity contribution in [2.75, 3.05) is 11.9 Å². The SMILES string of the molecule is Cc1cc(NC2CCC(n3nc4c(cc3=O)COCC4)CC2)n2nc(C)cc2n1. The smallest absolute Gasteiger partial charge is 0.267 e. The van der Waals surface area contributed by atoms with E-state index in [-0.39, 0.29) is 11.6 Å². The summed E-state index contributed by atoms with van der Waals surface area (Å²) in [4.78, 5) is 17.1. The van der Waals surface area contributed by atoms with E-state index in [1.807, 2.05) is 30.5 Å². The molecule has 8 nitrogen and oxygen atoms in total. The van der Waals surface area contributed by atoms with Crippen molar-refractivity contribution in [3.05, 3.63) is 51.2 Å². The lowest BCUT2D eigenvalue weighted by molar-refractivity contribution is 0.107. The molecule has 1 fully saturated rings. The number of nitrogens with one attached hydrogen (secondary N) is 1. The number of nitrogens with zero attached hydrogens (tertiary/aromatic N) is 5. The number of aromatic nitrogens is 5. The van der Waals surface area contributed by atoms with Crippen LogP contribution in [0, 0.1) is 13.8 Å². The molecule has 0 radical (unpaired) electrons. The quantitative estimate of drug-likeness (QED) is 0.735. The van der Waals surface area contributed by atoms with Gasteiger partial charge in [-0.05, 0) is 39.5 Å². The highest BCUT2D eigenvalue weighted by molar-refractivity contribution is 5.50. The Morgan fingerprint density at radius 2 is 1.90 bits per heavy atom. The lowest BCUT2D eigenvalue weighted by Crippen LogP contribution is -2.35. The average Bonchev–Trinajstić information content (AvgIpc) is 3.08. The van der Waals surface area contributed by atoms with Gasteiger partial charge in [0, 0.05) is 41.9 Å². The van der Waals surface area contributed by atoms with Gasteiger partial charge in [-0.25, -0.2) is 9.67 Å². The lowest BCUT2D eigenvalue weighted by Gasteiger charge is -2.30. The zero-order valence-electron chi connectivity index (χ0n) is 16.9. The van der Waals surface area contributed by atoms with Gasteiger partial charge in [0.2, 0.25) is 0 Å². The standard InChI is InChI=1S/C21H26N6O2/c1-13-9-20(27-19(22-13)10-14(2)24-27)23-16-3-5-17(6-4-16)26-21(28)11-15-12-29-8-7-18(15)25-26/h9-11,16-17,23H,3-8,12H2,1-2H3. The minimum atomic E-state index is -0.0101. The minimum absolute atomic E-state index is 0.0101. The van der Waals surface area contributed by atoms with Gasteiger partial charge in [-0.3, -0.25) is 4.79 Å². The maximum Gasteiger partial charge on any atom is 0.267 e. The van der Waals surface area contributed by atoms with Crippen molar-refractivity contribution in [1.29, 1.82) is 0 Å². The summed E-state index contributed by atoms with van der Waals surface area (Å²) < 4.78 is 9.03. The highest BCUT2D eigenvalue weighted by Crippen LogP contribution is 2.29. The van der Waals surface area contributed by atoms with Crippen molar-refractivity contribution in [3.63, 3.8) is 0 Å². The second-order valence-electron chi connectivity index (χ2n) is 8.19. The zero-order valence-corrected chi connectivity index (χ0v) is 16.9. The summed E-state index contributed by atoms with van der Waals surface area (Å²) >= 11 is 0. The molecule has 3 aromatic rings. The van der Waals surface area contributed by atoms with Crippen LogP contribution in [-0.4, -0.2) is 37.0 Å². The highest BCUT2D eigenvalue weighted by Gasteiger charge is 2.25. The molecule has 2 aliphatic rings. The van der Waals surface area contributed by atoms with Gasteiger partial charge < -0.3 is 10.1 Å². The molecule has 3 aromatic heterocycles. The molecule has 0 saturated heterocycles. The van der Waals surface area contributed by atoms with Gasteiger partial charge in [-0.2, -0.15) is 14.7 Å². The van der Waals surface area contributed by atoms with Crippen LogP contribution in [0.1, 0.15) is 54.4 Å². The Kier molecular flexibility index (Phi) is 4.58. The fourth-order valence-corrected chi connectivity index (χ4v) is 4.48. The van der Waals surface area contributed by atoms with E-state index in [4.69, 9.17) is 4.74 Å². The molecule has 0 amide bonds. The van der Waals surface area contributed by atoms with Crippen molar-refractivity contribution < 1.29 is 4.74 Å². The molecule has 5 rings (SSSR count). The molecule has 0 aromatic carbocycles. The summed E-state index contributed by atoms with van der Waals surface area (Å²) in [5.74, 6) is 0.980. The third kappa shape index (κ3) is 3.53. The Balaban J connectivity index is 1.31. The third-order valence-corrected chi connectivity index (χ3v) is 5.94. The van der Waals surface area contributed by atoms with Crippen LogP contribution in [0.15, 0.2) is 23.0 Å². The summed E-state index contributed by atoms with van der Waals surface area (Å²) in [6.07, 6.45) is 4.63. The third-order valence-electron chi connectivity index (χ3n) is 5.94. The Hall–Kier alpha value is -2.74. The topological polar surface area (TPSA) is 86.3 Å². The molecular formula is C21H26N6O2. The van der Waals surface area contributed by atoms with Crippen LogP contribution >= 0.6 is 0 Å². The van der Waals surface area contributed by atoms with Crippen LogP contribution in [0.3, 0.4) is 0 Å². The zero-order chi connectivity index (χ0) is 20.0. The van der Waals surface area contributed by atoms with Gasteiger partial charge in [-0.1, -0.05) is 0 Å². The number of fused-ring (bicyclic) bond motifs is 2. The average molecular weight is 394 g/mol. The summed E-state index contributed by atoms with van der Waals surface area (Å²) in [5, 5.41) is 12.9. The largest absolute Gasteiger partial charge is 0.376 e. The van der Waals surface area contributed by atoms with Gasteiger partial charge in [0.05, 0.1) is 30.6 Å². The van der Waals surface area contributed by atoms with Crippen LogP contribution in [0.2, 0.25) is 0 Å². The number of hydrogen-bond donors (Lipinski definition) is 1. The second-order valence-corrected chi connectivity index (χ2v) is 8.19. The van der Waals surface area contributed by atoms with Crippen LogP contribution in [0.4, 0.5) is 5.82 Å². The fraction of sp³-hybridized carbons (Fsp3) is 0.524. The van der Waals surface area contributed by atoms with E-state index in [0.717, 1.165) is 66.2 Å². The second kappa shape index (κ2) is 7.26. The summed E-state index contributed by atoms with van der Waals surface area (Å²) in [6.45, 7) is 5.17. The van der Waals surface area contributed by atoms with E-state index in [1.165, 1.54) is 0 Å². The van der Waals surface area contributed by atoms with Crippen LogP contribution in [-0.2, 0) is 17.8 Å². The van der Waals surface area contributed by atoms with Crippen molar-refractivity contribution in [2.45, 2.75) is 64.6 Å². The Bertz CT molecular complexity index is 1110. The van der Waals surface area contributed by atoms with Gasteiger partial charge >= 0.3 is 0 Å². The molecule has 0 bridgehead atoms. The number of anilines is 1. The van der Waals surface area contributed by atoms with Gasteiger partial charge in [-0.15, -0.1) is 0 Å². The first-order valence-corrected chi connectivity index (χ1v) is 10.4. The van der Waals surface area contributed by atoms with Crippen LogP contribution < -0.4 is 10.9 Å². The summed E-state index contributed by atoms with van der Waals surface area (Å²) in [6, 6.07) is 6.27. The normalized spacial score (nSPS) is 21.9. The molecule has 1 aliphatic heterocycles. The van der Waals surface area contributed by atoms with E-state index >= 15 is 0 Å². The van der Waals surface area contributed by atoms with E-state index in [2.05, 4.69) is 20.5 Å². The fourth-order valence-electron chi connectivity index (χ4n) is 4.48. The van der Waals surface area contributed by atoms with Crippen LogP contribution in [0.25, 0.3) is 5.65 Å². The minimum Gasteiger partial charge on any atom is -0.376 e. The van der Waals surface area contributed by atoms with E-state index in [0.29, 0.717) is 19.3 Å². The molecular weight excluding hydrogens is 368 g/mol. The molecule has 8 heteroatoms. The highest BCUT2D eigenvalue weighted by atomic mass is 16.5. The van der Waals surface area contributed by atoms with Crippen molar-refractivity contribution in [1.82, 2.24) is 24.4 Å². The first-order chi connectivity index (χ1) is 14.1. The molecule has 0 unspecified atom stereocenters. The first-order valence-electron chi connectivity index (χ1n) is 10.4. The molecule has 1 saturated carbocycles. The monoisotopic (exact) mass is 394 g/mol. The predicted molar refractivity (Wildman–Crippen MR) is 109 cm³/mol. The molecule has 1 aliphatic carbocycles. The number of ether oxygens (including phenoxy) is 1. The maximum atomic E-state index is 12.6. The van der Waals surface area contributed by atoms with Gasteiger partial charge in [0.15, 0.2) is 5.65 Å². The predicted octanol–water partition coefficient (Wildman–Crippen LogP) is 2.57. The lowest BCUT2D eigenvalue weighted by atomic mass is 9.91. The molecule has 0 atom stereocenters. The van der Waals surface area contributed by atoms with Crippen LogP contribution in [0.5, 0.6) is 0 Å². The summed E-state index contributed by atoms with van der Waals surface area (Å²) in [5.41, 5.74) is 4.75. The summed E-state index contributed by atoms with van der Waals surface area (Å²) in [7, 11) is 0. The van der Waals surface area contributed by atoms with E-state index in [9.17, 15) is 4.79 Å². The molecule has 4 heterocycles. The van der Waals surface area contributed by atoms with Gasteiger partial charge in [0.1, 0.15) is 5.82 Å². The van der Waals surface area contributed by atoms with Gasteiger partial charge in [0.25, 0.3) is 5.56 Å². The van der Waals surface area contributed by atoms with E-state index < -0.39 is 0 Å². The van der Waals surface area contributed by atoms with Crippen molar-refractivity contribution in [2.24, 2.45) is 0 Å². The van der Waals surface area contributed by atoms with Crippen molar-refractivity contribution in [3.8, 4) is 0 Å². The first kappa shape index (κ1) is 18.3. The van der Waals surface area contributed by atoms with Crippen molar-refractivity contribution >= 4 is 11.5 Å². The Morgan fingerprint density at radius 1 is 1.07 bits per heavy atom. The van der Waals surface area contributed by atoms with E-state index in [1.54, 1.807) is 10.7 Å². The number of hydrogen-bond acceptors (Lipinski definition) is 6. The maximum absolute atomic E-state index is 12.6. The molecule has 1 N–H and O–H groups in total. The Labute approximate surface area is 168 Å². The number of aryl methyl sites for hydroxylation is 2. The molecule has 0 spiro atoms. The Morgan fingerprint density at radius 3 is 2.72 bits per heavy atom.